The maximum Gasteiger partial charge on any atom is 0.417 e. The van der Waals surface area contributed by atoms with Crippen LogP contribution in [0.1, 0.15) is 21.5 Å². The summed E-state index contributed by atoms with van der Waals surface area (Å²) >= 11 is 5.75. The first-order valence-corrected chi connectivity index (χ1v) is 7.71. The molecule has 1 heterocycles. The molecule has 128 valence electrons. The maximum atomic E-state index is 12.9. The van der Waals surface area contributed by atoms with Crippen molar-refractivity contribution in [1.29, 1.82) is 0 Å². The van der Waals surface area contributed by atoms with Gasteiger partial charge in [-0.3, -0.25) is 9.78 Å². The molecule has 25 heavy (non-hydrogen) atoms. The summed E-state index contributed by atoms with van der Waals surface area (Å²) in [6.07, 6.45) is -3.01. The van der Waals surface area contributed by atoms with E-state index < -0.39 is 22.7 Å². The lowest BCUT2D eigenvalue weighted by atomic mass is 10.1. The third-order valence-electron chi connectivity index (χ3n) is 3.65. The zero-order valence-electron chi connectivity index (χ0n) is 12.8. The van der Waals surface area contributed by atoms with Crippen molar-refractivity contribution in [3.05, 3.63) is 76.4 Å². The number of halogens is 4. The van der Waals surface area contributed by atoms with Crippen LogP contribution in [0.4, 0.5) is 13.2 Å². The molecule has 1 N–H and O–H groups in total. The van der Waals surface area contributed by atoms with Crippen molar-refractivity contribution in [2.75, 3.05) is 0 Å². The molecule has 0 spiro atoms. The molecule has 2 aromatic carbocycles. The molecule has 1 aromatic heterocycles. The fourth-order valence-corrected chi connectivity index (χ4v) is 2.74. The number of nitrogens with zero attached hydrogens (tertiary/aromatic N) is 1. The number of para-hydroxylation sites is 1. The summed E-state index contributed by atoms with van der Waals surface area (Å²) in [7, 11) is 0. The van der Waals surface area contributed by atoms with Crippen LogP contribution in [0.3, 0.4) is 0 Å². The first-order valence-electron chi connectivity index (χ1n) is 7.34. The van der Waals surface area contributed by atoms with E-state index in [1.54, 1.807) is 6.20 Å². The number of carbonyl (C=O) groups is 1. The Morgan fingerprint density at radius 1 is 1.12 bits per heavy atom. The minimum absolute atomic E-state index is 0.128. The second kappa shape index (κ2) is 6.72. The van der Waals surface area contributed by atoms with Gasteiger partial charge in [-0.2, -0.15) is 13.2 Å². The normalized spacial score (nSPS) is 11.5. The van der Waals surface area contributed by atoms with Crippen LogP contribution in [-0.4, -0.2) is 10.9 Å². The van der Waals surface area contributed by atoms with Gasteiger partial charge in [-0.25, -0.2) is 0 Å². The van der Waals surface area contributed by atoms with E-state index in [1.165, 1.54) is 6.07 Å². The van der Waals surface area contributed by atoms with E-state index in [-0.39, 0.29) is 12.1 Å². The number of nitrogens with one attached hydrogen (secondary N) is 1. The predicted molar refractivity (Wildman–Crippen MR) is 89.4 cm³/mol. The molecule has 0 bridgehead atoms. The van der Waals surface area contributed by atoms with Gasteiger partial charge >= 0.3 is 6.18 Å². The van der Waals surface area contributed by atoms with Gasteiger partial charge in [0, 0.05) is 18.1 Å². The van der Waals surface area contributed by atoms with Gasteiger partial charge in [-0.05, 0) is 29.8 Å². The number of hydrogen-bond acceptors (Lipinski definition) is 2. The Balaban J connectivity index is 1.78. The molecule has 3 aromatic rings. The van der Waals surface area contributed by atoms with Crippen molar-refractivity contribution in [2.24, 2.45) is 0 Å². The highest BCUT2D eigenvalue weighted by Gasteiger charge is 2.34. The van der Waals surface area contributed by atoms with Crippen molar-refractivity contribution >= 4 is 28.4 Å². The maximum absolute atomic E-state index is 12.9. The standard InChI is InChI=1S/C18H12ClF3N2O/c19-16-13(5-3-6-14(16)18(20,21)22)17(25)24-10-11-8-12-4-1-2-7-15(12)23-9-11/h1-9H,10H2,(H,24,25). The van der Waals surface area contributed by atoms with Crippen molar-refractivity contribution in [3.63, 3.8) is 0 Å². The molecule has 0 fully saturated rings. The number of benzene rings is 2. The van der Waals surface area contributed by atoms with Gasteiger partial charge in [-0.1, -0.05) is 35.9 Å². The first kappa shape index (κ1) is 17.2. The molecule has 3 nitrogen and oxygen atoms in total. The highest BCUT2D eigenvalue weighted by Crippen LogP contribution is 2.36. The second-order valence-electron chi connectivity index (χ2n) is 5.38. The van der Waals surface area contributed by atoms with Gasteiger partial charge in [0.2, 0.25) is 0 Å². The Bertz CT molecular complexity index is 941. The topological polar surface area (TPSA) is 42.0 Å². The zero-order chi connectivity index (χ0) is 18.0. The molecule has 0 saturated carbocycles. The molecule has 0 saturated heterocycles. The van der Waals surface area contributed by atoms with Crippen molar-refractivity contribution in [1.82, 2.24) is 10.3 Å². The second-order valence-corrected chi connectivity index (χ2v) is 5.76. The lowest BCUT2D eigenvalue weighted by molar-refractivity contribution is -0.137. The quantitative estimate of drug-likeness (QED) is 0.722. The lowest BCUT2D eigenvalue weighted by Gasteiger charge is -2.12. The average molecular weight is 365 g/mol. The SMILES string of the molecule is O=C(NCc1cnc2ccccc2c1)c1cccc(C(F)(F)F)c1Cl. The molecular weight excluding hydrogens is 353 g/mol. The molecule has 0 radical (unpaired) electrons. The summed E-state index contributed by atoms with van der Waals surface area (Å²) in [5, 5.41) is 2.87. The fourth-order valence-electron chi connectivity index (χ4n) is 2.42. The summed E-state index contributed by atoms with van der Waals surface area (Å²) in [4.78, 5) is 16.5. The highest BCUT2D eigenvalue weighted by atomic mass is 35.5. The first-order chi connectivity index (χ1) is 11.9. The average Bonchev–Trinajstić information content (AvgIpc) is 2.58. The fraction of sp³-hybridized carbons (Fsp3) is 0.111. The number of fused-ring (bicyclic) bond motifs is 1. The van der Waals surface area contributed by atoms with Crippen LogP contribution in [0.25, 0.3) is 10.9 Å². The molecule has 0 aliphatic rings. The van der Waals surface area contributed by atoms with Crippen LogP contribution in [0.15, 0.2) is 54.7 Å². The Hall–Kier alpha value is -2.60. The molecule has 0 aliphatic heterocycles. The Morgan fingerprint density at radius 2 is 1.88 bits per heavy atom. The van der Waals surface area contributed by atoms with Gasteiger partial charge in [0.1, 0.15) is 0 Å². The smallest absolute Gasteiger partial charge is 0.348 e. The number of amides is 1. The number of carbonyl (C=O) groups excluding carboxylic acids is 1. The van der Waals surface area contributed by atoms with E-state index in [0.717, 1.165) is 28.6 Å². The summed E-state index contributed by atoms with van der Waals surface area (Å²) in [6, 6.07) is 12.6. The molecule has 0 unspecified atom stereocenters. The van der Waals surface area contributed by atoms with Crippen molar-refractivity contribution < 1.29 is 18.0 Å². The van der Waals surface area contributed by atoms with E-state index in [4.69, 9.17) is 11.6 Å². The minimum atomic E-state index is -4.62. The van der Waals surface area contributed by atoms with Crippen LogP contribution < -0.4 is 5.32 Å². The lowest BCUT2D eigenvalue weighted by Crippen LogP contribution is -2.24. The van der Waals surface area contributed by atoms with E-state index >= 15 is 0 Å². The molecule has 7 heteroatoms. The predicted octanol–water partition coefficient (Wildman–Crippen LogP) is 4.84. The molecule has 0 atom stereocenters. The minimum Gasteiger partial charge on any atom is -0.348 e. The number of hydrogen-bond donors (Lipinski definition) is 1. The number of rotatable bonds is 3. The highest BCUT2D eigenvalue weighted by molar-refractivity contribution is 6.34. The summed E-state index contributed by atoms with van der Waals surface area (Å²) in [5.41, 5.74) is 0.299. The van der Waals surface area contributed by atoms with Crippen LogP contribution in [0.2, 0.25) is 5.02 Å². The Kier molecular flexibility index (Phi) is 4.63. The van der Waals surface area contributed by atoms with Crippen LogP contribution in [-0.2, 0) is 12.7 Å². The summed E-state index contributed by atoms with van der Waals surface area (Å²) in [5.74, 6) is -0.677. The van der Waals surface area contributed by atoms with Crippen LogP contribution in [0, 0.1) is 0 Å². The van der Waals surface area contributed by atoms with E-state index in [2.05, 4.69) is 10.3 Å². The number of alkyl halides is 3. The van der Waals surface area contributed by atoms with E-state index in [0.29, 0.717) is 0 Å². The van der Waals surface area contributed by atoms with Crippen molar-refractivity contribution in [2.45, 2.75) is 12.7 Å². The number of aromatic nitrogens is 1. The molecule has 0 aliphatic carbocycles. The van der Waals surface area contributed by atoms with Gasteiger partial charge < -0.3 is 5.32 Å². The third-order valence-corrected chi connectivity index (χ3v) is 4.06. The van der Waals surface area contributed by atoms with Crippen LogP contribution in [0.5, 0.6) is 0 Å². The summed E-state index contributed by atoms with van der Waals surface area (Å²) in [6.45, 7) is 0.128. The van der Waals surface area contributed by atoms with Gasteiger partial charge in [0.05, 0.1) is 21.7 Å². The molecule has 1 amide bonds. The Morgan fingerprint density at radius 3 is 2.64 bits per heavy atom. The summed E-state index contributed by atoms with van der Waals surface area (Å²) < 4.78 is 38.6. The zero-order valence-corrected chi connectivity index (χ0v) is 13.5. The van der Waals surface area contributed by atoms with Gasteiger partial charge in [0.25, 0.3) is 5.91 Å². The monoisotopic (exact) mass is 364 g/mol. The van der Waals surface area contributed by atoms with Crippen LogP contribution >= 0.6 is 11.6 Å². The van der Waals surface area contributed by atoms with Gasteiger partial charge in [0.15, 0.2) is 0 Å². The number of pyridine rings is 1. The largest absolute Gasteiger partial charge is 0.417 e. The van der Waals surface area contributed by atoms with E-state index in [9.17, 15) is 18.0 Å². The molecular formula is C18H12ClF3N2O. The Labute approximate surface area is 146 Å². The third kappa shape index (κ3) is 3.74. The van der Waals surface area contributed by atoms with Crippen molar-refractivity contribution in [3.8, 4) is 0 Å². The van der Waals surface area contributed by atoms with E-state index in [1.807, 2.05) is 30.3 Å². The molecule has 3 rings (SSSR count). The van der Waals surface area contributed by atoms with Gasteiger partial charge in [-0.15, -0.1) is 0 Å².